The van der Waals surface area contributed by atoms with Crippen LogP contribution < -0.4 is 43.4 Å². The largest absolute Gasteiger partial charge is 0.507 e. The number of benzene rings is 1. The van der Waals surface area contributed by atoms with Gasteiger partial charge in [0, 0.05) is 75.8 Å². The van der Waals surface area contributed by atoms with Crippen molar-refractivity contribution in [3.8, 4) is 5.75 Å². The fraction of sp³-hybridized carbons (Fsp3) is 0.565. The number of aromatic hydroxyl groups is 1. The number of nitrogens with two attached hydrogens (primary N) is 4. The first kappa shape index (κ1) is 29.5. The van der Waals surface area contributed by atoms with Crippen LogP contribution in [0.3, 0.4) is 0 Å². The quantitative estimate of drug-likeness (QED) is 0.193. The second-order valence-electron chi connectivity index (χ2n) is 9.69. The number of phenolic OH excluding ortho intramolecular Hbond substituents is 1. The van der Waals surface area contributed by atoms with Gasteiger partial charge >= 0.3 is 0 Å². The van der Waals surface area contributed by atoms with Gasteiger partial charge in [-0.25, -0.2) is 0 Å². The Balaban J connectivity index is 0.00000400. The Hall–Kier alpha value is -3.01. The Morgan fingerprint density at radius 2 is 1.50 bits per heavy atom. The number of phenols is 1. The lowest BCUT2D eigenvalue weighted by atomic mass is 10.0. The van der Waals surface area contributed by atoms with E-state index < -0.39 is 5.91 Å². The van der Waals surface area contributed by atoms with E-state index in [-0.39, 0.29) is 53.8 Å². The second kappa shape index (κ2) is 13.2. The molecular formula is C23H38ClN11O3. The summed E-state index contributed by atoms with van der Waals surface area (Å²) in [5, 5.41) is 16.3. The standard InChI is InChI=1S/C23H37N11O3.ClH/c1-37-5-4-28-20(36)18-3-2-17(8-19(18)35)29-21-30-22(33-9-13(24)6-14(25)10-33)32-23(31-21)34-11-15(26)7-16(27)12-34;/h2-3,8,13-16,35H,4-7,9-12,24-27H2,1H3,(H,28,36)(H,29,30,31,32);1H/t13-,14+,15-,16+;. The fourth-order valence-electron chi connectivity index (χ4n) is 4.67. The maximum Gasteiger partial charge on any atom is 0.255 e. The lowest BCUT2D eigenvalue weighted by molar-refractivity contribution is 0.0934. The molecule has 2 fully saturated rings. The van der Waals surface area contributed by atoms with Gasteiger partial charge in [-0.3, -0.25) is 4.79 Å². The number of anilines is 4. The summed E-state index contributed by atoms with van der Waals surface area (Å²) in [4.78, 5) is 30.1. The van der Waals surface area contributed by atoms with Crippen LogP contribution in [-0.4, -0.2) is 96.6 Å². The molecule has 2 aromatic rings. The normalized spacial score (nSPS) is 23.5. The van der Waals surface area contributed by atoms with Crippen molar-refractivity contribution >= 4 is 41.8 Å². The topological polar surface area (TPSA) is 220 Å². The summed E-state index contributed by atoms with van der Waals surface area (Å²) in [5.41, 5.74) is 25.5. The molecule has 1 aromatic heterocycles. The third kappa shape index (κ3) is 7.52. The molecule has 0 aliphatic carbocycles. The number of aromatic nitrogens is 3. The highest BCUT2D eigenvalue weighted by molar-refractivity contribution is 5.97. The lowest BCUT2D eigenvalue weighted by Crippen LogP contribution is -2.54. The van der Waals surface area contributed by atoms with E-state index in [0.717, 1.165) is 12.8 Å². The van der Waals surface area contributed by atoms with Crippen LogP contribution in [0.4, 0.5) is 23.5 Å². The van der Waals surface area contributed by atoms with Gasteiger partial charge in [0.05, 0.1) is 12.2 Å². The van der Waals surface area contributed by atoms with Crippen LogP contribution in [0.1, 0.15) is 23.2 Å². The Bertz CT molecular complexity index is 1030. The Labute approximate surface area is 227 Å². The maximum absolute atomic E-state index is 12.3. The zero-order valence-corrected chi connectivity index (χ0v) is 22.2. The molecule has 15 heteroatoms. The maximum atomic E-state index is 12.3. The molecule has 2 saturated heterocycles. The van der Waals surface area contributed by atoms with E-state index in [1.165, 1.54) is 12.1 Å². The molecule has 2 aliphatic rings. The highest BCUT2D eigenvalue weighted by Crippen LogP contribution is 2.26. The summed E-state index contributed by atoms with van der Waals surface area (Å²) in [5.74, 6) is 0.544. The van der Waals surface area contributed by atoms with Crippen molar-refractivity contribution in [1.29, 1.82) is 0 Å². The molecule has 0 unspecified atom stereocenters. The summed E-state index contributed by atoms with van der Waals surface area (Å²) in [6.45, 7) is 2.94. The first-order chi connectivity index (χ1) is 17.7. The predicted octanol–water partition coefficient (Wildman–Crippen LogP) is -1.15. The number of amides is 1. The van der Waals surface area contributed by atoms with Crippen molar-refractivity contribution < 1.29 is 14.6 Å². The van der Waals surface area contributed by atoms with Crippen molar-refractivity contribution in [1.82, 2.24) is 20.3 Å². The number of piperidine rings is 2. The summed E-state index contributed by atoms with van der Waals surface area (Å²) >= 11 is 0. The molecule has 38 heavy (non-hydrogen) atoms. The molecule has 3 heterocycles. The molecule has 0 radical (unpaired) electrons. The molecule has 210 valence electrons. The summed E-state index contributed by atoms with van der Waals surface area (Å²) < 4.78 is 4.93. The van der Waals surface area contributed by atoms with Gasteiger partial charge in [0.15, 0.2) is 0 Å². The van der Waals surface area contributed by atoms with Crippen LogP contribution in [0.5, 0.6) is 5.75 Å². The fourth-order valence-corrected chi connectivity index (χ4v) is 4.67. The number of halogens is 1. The van der Waals surface area contributed by atoms with Gasteiger partial charge in [0.1, 0.15) is 5.75 Å². The third-order valence-corrected chi connectivity index (χ3v) is 6.30. The minimum Gasteiger partial charge on any atom is -0.507 e. The zero-order chi connectivity index (χ0) is 26.5. The van der Waals surface area contributed by atoms with Gasteiger partial charge in [0.2, 0.25) is 17.8 Å². The first-order valence-electron chi connectivity index (χ1n) is 12.4. The van der Waals surface area contributed by atoms with E-state index >= 15 is 0 Å². The first-order valence-corrected chi connectivity index (χ1v) is 12.4. The van der Waals surface area contributed by atoms with Gasteiger partial charge < -0.3 is 53.2 Å². The molecule has 11 N–H and O–H groups in total. The van der Waals surface area contributed by atoms with E-state index in [1.807, 2.05) is 9.80 Å². The minimum absolute atomic E-state index is 0. The van der Waals surface area contributed by atoms with Crippen LogP contribution in [-0.2, 0) is 4.74 Å². The number of carbonyl (C=O) groups excluding carboxylic acids is 1. The third-order valence-electron chi connectivity index (χ3n) is 6.30. The van der Waals surface area contributed by atoms with E-state index in [2.05, 4.69) is 20.6 Å². The smallest absolute Gasteiger partial charge is 0.255 e. The molecule has 2 aliphatic heterocycles. The highest BCUT2D eigenvalue weighted by Gasteiger charge is 2.29. The molecule has 0 saturated carbocycles. The molecule has 0 spiro atoms. The van der Waals surface area contributed by atoms with E-state index in [4.69, 9.17) is 32.7 Å². The molecule has 1 aromatic carbocycles. The minimum atomic E-state index is -0.401. The molecule has 4 rings (SSSR count). The van der Waals surface area contributed by atoms with Crippen LogP contribution in [0.15, 0.2) is 18.2 Å². The number of methoxy groups -OCH3 is 1. The molecule has 14 nitrogen and oxygen atoms in total. The molecule has 1 amide bonds. The van der Waals surface area contributed by atoms with Crippen molar-refractivity contribution in [3.63, 3.8) is 0 Å². The second-order valence-corrected chi connectivity index (χ2v) is 9.69. The summed E-state index contributed by atoms with van der Waals surface area (Å²) in [6, 6.07) is 4.22. The van der Waals surface area contributed by atoms with Gasteiger partial charge in [-0.2, -0.15) is 15.0 Å². The van der Waals surface area contributed by atoms with Crippen LogP contribution in [0.2, 0.25) is 0 Å². The monoisotopic (exact) mass is 551 g/mol. The summed E-state index contributed by atoms with van der Waals surface area (Å²) in [7, 11) is 1.55. The van der Waals surface area contributed by atoms with Gasteiger partial charge in [-0.05, 0) is 25.0 Å². The molecule has 4 atom stereocenters. The number of rotatable bonds is 8. The highest BCUT2D eigenvalue weighted by atomic mass is 35.5. The van der Waals surface area contributed by atoms with E-state index in [1.54, 1.807) is 13.2 Å². The average molecular weight is 552 g/mol. The summed E-state index contributed by atoms with van der Waals surface area (Å²) in [6.07, 6.45) is 1.44. The number of nitrogens with one attached hydrogen (secondary N) is 2. The van der Waals surface area contributed by atoms with Crippen LogP contribution in [0, 0.1) is 0 Å². The number of hydrogen-bond acceptors (Lipinski definition) is 13. The number of nitrogens with zero attached hydrogens (tertiary/aromatic N) is 5. The van der Waals surface area contributed by atoms with Crippen molar-refractivity contribution in [2.24, 2.45) is 22.9 Å². The van der Waals surface area contributed by atoms with Gasteiger partial charge in [-0.1, -0.05) is 0 Å². The van der Waals surface area contributed by atoms with Crippen LogP contribution >= 0.6 is 12.4 Å². The Morgan fingerprint density at radius 3 is 1.97 bits per heavy atom. The Morgan fingerprint density at radius 1 is 0.974 bits per heavy atom. The van der Waals surface area contributed by atoms with E-state index in [9.17, 15) is 9.90 Å². The molecular weight excluding hydrogens is 514 g/mol. The SMILES string of the molecule is COCCNC(=O)c1ccc(Nc2nc(N3C[C@H](N)C[C@H](N)C3)nc(N3C[C@H](N)C[C@H](N)C3)n2)cc1O.Cl. The van der Waals surface area contributed by atoms with Crippen molar-refractivity contribution in [3.05, 3.63) is 23.8 Å². The zero-order valence-electron chi connectivity index (χ0n) is 21.4. The Kier molecular flexibility index (Phi) is 10.2. The van der Waals surface area contributed by atoms with E-state index in [0.29, 0.717) is 56.9 Å². The van der Waals surface area contributed by atoms with Crippen molar-refractivity contribution in [2.75, 3.05) is 61.6 Å². The molecule has 0 bridgehead atoms. The van der Waals surface area contributed by atoms with Gasteiger partial charge in [-0.15, -0.1) is 12.4 Å². The number of hydrogen-bond donors (Lipinski definition) is 7. The lowest BCUT2D eigenvalue weighted by Gasteiger charge is -2.37. The average Bonchev–Trinajstić information content (AvgIpc) is 2.83. The van der Waals surface area contributed by atoms with Crippen LogP contribution in [0.25, 0.3) is 0 Å². The number of ether oxygens (including phenoxy) is 1. The number of carbonyl (C=O) groups is 1. The predicted molar refractivity (Wildman–Crippen MR) is 148 cm³/mol. The van der Waals surface area contributed by atoms with Crippen molar-refractivity contribution in [2.45, 2.75) is 37.0 Å². The van der Waals surface area contributed by atoms with Gasteiger partial charge in [0.25, 0.3) is 5.91 Å².